The third-order valence-electron chi connectivity index (χ3n) is 1.25. The SMILES string of the molecule is CCOP(=O)(O)NSC(C)CC. The third kappa shape index (κ3) is 6.03. The van der Waals surface area contributed by atoms with Crippen molar-refractivity contribution in [1.29, 1.82) is 0 Å². The largest absolute Gasteiger partial charge is 0.412 e. The summed E-state index contributed by atoms with van der Waals surface area (Å²) in [5.74, 6) is 0. The van der Waals surface area contributed by atoms with E-state index in [0.29, 0.717) is 5.25 Å². The molecular formula is C6H16NO3PS. The van der Waals surface area contributed by atoms with Crippen molar-refractivity contribution in [1.82, 2.24) is 4.49 Å². The molecule has 0 aliphatic heterocycles. The second-order valence-electron chi connectivity index (χ2n) is 2.37. The van der Waals surface area contributed by atoms with Gasteiger partial charge in [0, 0.05) is 5.25 Å². The van der Waals surface area contributed by atoms with Crippen molar-refractivity contribution < 1.29 is 14.0 Å². The molecule has 0 fully saturated rings. The van der Waals surface area contributed by atoms with Gasteiger partial charge in [0.25, 0.3) is 0 Å². The first-order valence-electron chi connectivity index (χ1n) is 3.92. The van der Waals surface area contributed by atoms with Crippen LogP contribution in [0.1, 0.15) is 27.2 Å². The molecule has 0 radical (unpaired) electrons. The van der Waals surface area contributed by atoms with Gasteiger partial charge in [-0.3, -0.25) is 4.52 Å². The first kappa shape index (κ1) is 12.5. The second kappa shape index (κ2) is 6.00. The van der Waals surface area contributed by atoms with Crippen LogP contribution in [0.4, 0.5) is 0 Å². The second-order valence-corrected chi connectivity index (χ2v) is 5.44. The van der Waals surface area contributed by atoms with Crippen LogP contribution in [0, 0.1) is 0 Å². The van der Waals surface area contributed by atoms with Gasteiger partial charge >= 0.3 is 7.75 Å². The molecule has 0 aliphatic carbocycles. The first-order valence-corrected chi connectivity index (χ1v) is 6.37. The molecule has 0 rings (SSSR count). The lowest BCUT2D eigenvalue weighted by Crippen LogP contribution is -2.08. The van der Waals surface area contributed by atoms with Crippen molar-refractivity contribution in [3.63, 3.8) is 0 Å². The molecule has 0 saturated carbocycles. The van der Waals surface area contributed by atoms with Crippen LogP contribution in [-0.4, -0.2) is 16.8 Å². The minimum Gasteiger partial charge on any atom is -0.312 e. The summed E-state index contributed by atoms with van der Waals surface area (Å²) in [4.78, 5) is 9.06. The van der Waals surface area contributed by atoms with Gasteiger partial charge in [0.05, 0.1) is 6.61 Å². The molecule has 0 aromatic rings. The summed E-state index contributed by atoms with van der Waals surface area (Å²) in [6.07, 6.45) is 0.948. The Kier molecular flexibility index (Phi) is 6.23. The molecule has 0 aliphatic rings. The van der Waals surface area contributed by atoms with E-state index in [1.807, 2.05) is 13.8 Å². The van der Waals surface area contributed by atoms with Crippen LogP contribution in [0.3, 0.4) is 0 Å². The molecule has 2 unspecified atom stereocenters. The molecule has 2 atom stereocenters. The topological polar surface area (TPSA) is 58.6 Å². The van der Waals surface area contributed by atoms with E-state index in [-0.39, 0.29) is 6.61 Å². The number of nitrogens with one attached hydrogen (secondary N) is 1. The van der Waals surface area contributed by atoms with Crippen molar-refractivity contribution in [2.24, 2.45) is 0 Å². The Morgan fingerprint density at radius 2 is 2.25 bits per heavy atom. The van der Waals surface area contributed by atoms with Crippen LogP contribution in [-0.2, 0) is 9.09 Å². The molecule has 74 valence electrons. The zero-order chi connectivity index (χ0) is 9.61. The molecule has 0 spiro atoms. The van der Waals surface area contributed by atoms with Crippen LogP contribution in [0.25, 0.3) is 0 Å². The summed E-state index contributed by atoms with van der Waals surface area (Å²) in [7, 11) is -3.55. The molecule has 4 nitrogen and oxygen atoms in total. The van der Waals surface area contributed by atoms with E-state index >= 15 is 0 Å². The van der Waals surface area contributed by atoms with E-state index in [0.717, 1.165) is 6.42 Å². The lowest BCUT2D eigenvalue weighted by atomic mass is 10.4. The van der Waals surface area contributed by atoms with E-state index in [9.17, 15) is 4.57 Å². The van der Waals surface area contributed by atoms with Gasteiger partial charge in [-0.05, 0) is 13.3 Å². The van der Waals surface area contributed by atoms with Crippen LogP contribution in [0.2, 0.25) is 0 Å². The van der Waals surface area contributed by atoms with Gasteiger partial charge in [-0.25, -0.2) is 4.57 Å². The van der Waals surface area contributed by atoms with Gasteiger partial charge in [0.1, 0.15) is 0 Å². The highest BCUT2D eigenvalue weighted by Gasteiger charge is 2.18. The van der Waals surface area contributed by atoms with Gasteiger partial charge in [0.15, 0.2) is 0 Å². The van der Waals surface area contributed by atoms with E-state index in [1.54, 1.807) is 6.92 Å². The normalized spacial score (nSPS) is 18.7. The Morgan fingerprint density at radius 1 is 1.67 bits per heavy atom. The maximum absolute atomic E-state index is 11.0. The molecule has 6 heteroatoms. The van der Waals surface area contributed by atoms with Crippen LogP contribution >= 0.6 is 19.7 Å². The average Bonchev–Trinajstić information content (AvgIpc) is 2.00. The summed E-state index contributed by atoms with van der Waals surface area (Å²) < 4.78 is 18.1. The summed E-state index contributed by atoms with van der Waals surface area (Å²) in [6.45, 7) is 5.91. The molecule has 0 amide bonds. The van der Waals surface area contributed by atoms with Gasteiger partial charge in [-0.1, -0.05) is 25.8 Å². The fourth-order valence-corrected chi connectivity index (χ4v) is 2.42. The number of hydrogen-bond donors (Lipinski definition) is 2. The van der Waals surface area contributed by atoms with Crippen molar-refractivity contribution in [2.45, 2.75) is 32.4 Å². The molecule has 0 bridgehead atoms. The summed E-state index contributed by atoms with van der Waals surface area (Å²) >= 11 is 1.24. The molecule has 0 aromatic heterocycles. The molecular weight excluding hydrogens is 197 g/mol. The fraction of sp³-hybridized carbons (Fsp3) is 1.00. The Balaban J connectivity index is 3.67. The highest BCUT2D eigenvalue weighted by Crippen LogP contribution is 2.39. The van der Waals surface area contributed by atoms with E-state index in [1.165, 1.54) is 11.9 Å². The minimum absolute atomic E-state index is 0.238. The molecule has 0 aromatic carbocycles. The number of hydrogen-bond acceptors (Lipinski definition) is 3. The molecule has 0 heterocycles. The van der Waals surface area contributed by atoms with E-state index < -0.39 is 7.75 Å². The fourth-order valence-electron chi connectivity index (χ4n) is 0.441. The molecule has 0 saturated heterocycles. The van der Waals surface area contributed by atoms with Crippen LogP contribution in [0.15, 0.2) is 0 Å². The lowest BCUT2D eigenvalue weighted by Gasteiger charge is -2.13. The average molecular weight is 213 g/mol. The van der Waals surface area contributed by atoms with E-state index in [2.05, 4.69) is 9.02 Å². The summed E-state index contributed by atoms with van der Waals surface area (Å²) in [5.41, 5.74) is 0. The third-order valence-corrected chi connectivity index (χ3v) is 3.94. The van der Waals surface area contributed by atoms with Crippen LogP contribution < -0.4 is 4.49 Å². The first-order chi connectivity index (χ1) is 5.52. The molecule has 2 N–H and O–H groups in total. The lowest BCUT2D eigenvalue weighted by molar-refractivity contribution is 0.271. The Labute approximate surface area is 77.8 Å². The van der Waals surface area contributed by atoms with Crippen molar-refractivity contribution in [3.05, 3.63) is 0 Å². The minimum atomic E-state index is -3.55. The zero-order valence-electron chi connectivity index (χ0n) is 7.61. The van der Waals surface area contributed by atoms with Gasteiger partial charge in [0.2, 0.25) is 0 Å². The predicted octanol–water partition coefficient (Wildman–Crippen LogP) is 2.16. The Hall–Kier alpha value is 0.460. The Bertz CT molecular complexity index is 167. The van der Waals surface area contributed by atoms with Crippen LogP contribution in [0.5, 0.6) is 0 Å². The summed E-state index contributed by atoms with van der Waals surface area (Å²) in [5, 5.41) is 0.311. The highest BCUT2D eigenvalue weighted by atomic mass is 32.2. The van der Waals surface area contributed by atoms with Crippen molar-refractivity contribution in [2.75, 3.05) is 6.61 Å². The maximum Gasteiger partial charge on any atom is 0.412 e. The maximum atomic E-state index is 11.0. The summed E-state index contributed by atoms with van der Waals surface area (Å²) in [6, 6.07) is 0. The smallest absolute Gasteiger partial charge is 0.312 e. The monoisotopic (exact) mass is 213 g/mol. The Morgan fingerprint density at radius 3 is 2.67 bits per heavy atom. The predicted molar refractivity (Wildman–Crippen MR) is 51.9 cm³/mol. The van der Waals surface area contributed by atoms with Crippen molar-refractivity contribution in [3.8, 4) is 0 Å². The standard InChI is InChI=1S/C6H16NO3PS/c1-4-6(3)12-7-11(8,9)10-5-2/h6H,4-5H2,1-3H3,(H2,7,8,9). The zero-order valence-corrected chi connectivity index (χ0v) is 9.32. The number of rotatable bonds is 6. The van der Waals surface area contributed by atoms with E-state index in [4.69, 9.17) is 4.89 Å². The van der Waals surface area contributed by atoms with Gasteiger partial charge in [-0.15, -0.1) is 0 Å². The quantitative estimate of drug-likeness (QED) is 0.523. The highest BCUT2D eigenvalue weighted by molar-refractivity contribution is 8.02. The van der Waals surface area contributed by atoms with Crippen molar-refractivity contribution >= 4 is 19.7 Å². The van der Waals surface area contributed by atoms with Gasteiger partial charge < -0.3 is 4.89 Å². The molecule has 12 heavy (non-hydrogen) atoms. The van der Waals surface area contributed by atoms with Gasteiger partial charge in [-0.2, -0.15) is 4.49 Å².